The molecule has 7 heteroatoms. The number of hydrogen-bond acceptors (Lipinski definition) is 3. The first-order valence-electron chi connectivity index (χ1n) is 9.56. The van der Waals surface area contributed by atoms with Gasteiger partial charge in [-0.1, -0.05) is 6.07 Å². The van der Waals surface area contributed by atoms with Gasteiger partial charge in [0.15, 0.2) is 5.11 Å². The fourth-order valence-electron chi connectivity index (χ4n) is 3.91. The van der Waals surface area contributed by atoms with Gasteiger partial charge in [-0.25, -0.2) is 4.39 Å². The average molecular weight is 415 g/mol. The van der Waals surface area contributed by atoms with E-state index in [1.54, 1.807) is 30.7 Å². The van der Waals surface area contributed by atoms with E-state index in [0.29, 0.717) is 5.11 Å². The van der Waals surface area contributed by atoms with E-state index in [1.807, 2.05) is 47.5 Å². The maximum atomic E-state index is 13.6. The number of nitrogens with one attached hydrogen (secondary N) is 1. The highest BCUT2D eigenvalue weighted by atomic mass is 32.1. The van der Waals surface area contributed by atoms with Crippen molar-refractivity contribution in [3.63, 3.8) is 0 Å². The number of benzene rings is 1. The molecule has 5 nitrogen and oxygen atoms in total. The second-order valence-corrected chi connectivity index (χ2v) is 7.37. The zero-order valence-electron chi connectivity index (χ0n) is 15.9. The van der Waals surface area contributed by atoms with Gasteiger partial charge in [0.1, 0.15) is 11.9 Å². The van der Waals surface area contributed by atoms with Gasteiger partial charge in [0.2, 0.25) is 0 Å². The summed E-state index contributed by atoms with van der Waals surface area (Å²) in [5, 5.41) is 4.00. The number of pyridine rings is 2. The average Bonchev–Trinajstić information content (AvgIpc) is 3.40. The van der Waals surface area contributed by atoms with Gasteiger partial charge >= 0.3 is 0 Å². The summed E-state index contributed by atoms with van der Waals surface area (Å²) in [4.78, 5) is 10.7. The summed E-state index contributed by atoms with van der Waals surface area (Å²) >= 11 is 5.72. The van der Waals surface area contributed by atoms with Gasteiger partial charge in [0, 0.05) is 41.9 Å². The minimum Gasteiger partial charge on any atom is -0.351 e. The SMILES string of the molecule is Fc1ccc(N2C(=S)N[C@H](c3ccccn3)[C@@H]2c2cccn2-c2ccncc2)cc1. The van der Waals surface area contributed by atoms with Crippen LogP contribution in [0, 0.1) is 5.82 Å². The molecule has 5 rings (SSSR count). The van der Waals surface area contributed by atoms with Crippen molar-refractivity contribution < 1.29 is 4.39 Å². The molecule has 3 aromatic heterocycles. The van der Waals surface area contributed by atoms with E-state index in [2.05, 4.69) is 25.9 Å². The molecule has 0 amide bonds. The summed E-state index contributed by atoms with van der Waals surface area (Å²) < 4.78 is 15.7. The van der Waals surface area contributed by atoms with Gasteiger partial charge in [0.05, 0.1) is 11.7 Å². The van der Waals surface area contributed by atoms with Crippen LogP contribution in [0.3, 0.4) is 0 Å². The van der Waals surface area contributed by atoms with E-state index in [9.17, 15) is 4.39 Å². The van der Waals surface area contributed by atoms with Crippen LogP contribution < -0.4 is 10.2 Å². The maximum absolute atomic E-state index is 13.6. The van der Waals surface area contributed by atoms with Crippen molar-refractivity contribution in [3.8, 4) is 5.69 Å². The Morgan fingerprint density at radius 2 is 1.67 bits per heavy atom. The number of halogens is 1. The van der Waals surface area contributed by atoms with Crippen molar-refractivity contribution in [3.05, 3.63) is 109 Å². The second kappa shape index (κ2) is 7.68. The highest BCUT2D eigenvalue weighted by Crippen LogP contribution is 2.42. The van der Waals surface area contributed by atoms with Crippen LogP contribution in [-0.2, 0) is 0 Å². The summed E-state index contributed by atoms with van der Waals surface area (Å²) in [6.07, 6.45) is 7.33. The maximum Gasteiger partial charge on any atom is 0.174 e. The van der Waals surface area contributed by atoms with Crippen molar-refractivity contribution in [2.24, 2.45) is 0 Å². The molecule has 0 aliphatic carbocycles. The Balaban J connectivity index is 1.67. The van der Waals surface area contributed by atoms with Crippen LogP contribution in [-0.4, -0.2) is 19.6 Å². The minimum absolute atomic E-state index is 0.167. The number of aromatic nitrogens is 3. The van der Waals surface area contributed by atoms with E-state index in [0.717, 1.165) is 22.8 Å². The van der Waals surface area contributed by atoms with E-state index < -0.39 is 0 Å². The van der Waals surface area contributed by atoms with Gasteiger partial charge < -0.3 is 14.8 Å². The normalized spacial score (nSPS) is 18.4. The molecule has 30 heavy (non-hydrogen) atoms. The molecule has 1 aliphatic heterocycles. The lowest BCUT2D eigenvalue weighted by Crippen LogP contribution is -2.30. The summed E-state index contributed by atoms with van der Waals surface area (Å²) in [6, 6.07) is 19.9. The third-order valence-corrected chi connectivity index (χ3v) is 5.54. The number of hydrogen-bond donors (Lipinski definition) is 1. The van der Waals surface area contributed by atoms with Gasteiger partial charge in [-0.2, -0.15) is 0 Å². The Kier molecular flexibility index (Phi) is 4.72. The number of thiocarbonyl (C=S) groups is 1. The molecule has 0 saturated carbocycles. The predicted octanol–water partition coefficient (Wildman–Crippen LogP) is 4.58. The minimum atomic E-state index is -0.283. The molecule has 1 aromatic carbocycles. The molecule has 0 unspecified atom stereocenters. The molecule has 0 bridgehead atoms. The molecule has 2 atom stereocenters. The first-order chi connectivity index (χ1) is 14.7. The standard InChI is InChI=1S/C23H18FN5S/c24-16-6-8-18(9-7-16)29-22(21(27-23(29)30)19-4-1-2-12-26-19)20-5-3-15-28(20)17-10-13-25-14-11-17/h1-15,21-22H,(H,27,30)/t21-,22+/m1/s1. The smallest absolute Gasteiger partial charge is 0.174 e. The van der Waals surface area contributed by atoms with Crippen molar-refractivity contribution in [2.45, 2.75) is 12.1 Å². The largest absolute Gasteiger partial charge is 0.351 e. The van der Waals surface area contributed by atoms with Crippen LogP contribution in [0.2, 0.25) is 0 Å². The highest BCUT2D eigenvalue weighted by Gasteiger charge is 2.42. The summed E-state index contributed by atoms with van der Waals surface area (Å²) in [7, 11) is 0. The Labute approximate surface area is 178 Å². The third-order valence-electron chi connectivity index (χ3n) is 5.23. The summed E-state index contributed by atoms with van der Waals surface area (Å²) in [5.74, 6) is -0.283. The molecule has 1 fully saturated rings. The Bertz CT molecular complexity index is 1160. The Morgan fingerprint density at radius 3 is 2.40 bits per heavy atom. The van der Waals surface area contributed by atoms with E-state index >= 15 is 0 Å². The van der Waals surface area contributed by atoms with Gasteiger partial charge in [0.25, 0.3) is 0 Å². The lowest BCUT2D eigenvalue weighted by atomic mass is 10.0. The molecule has 1 saturated heterocycles. The third kappa shape index (κ3) is 3.23. The van der Waals surface area contributed by atoms with E-state index in [1.165, 1.54) is 12.1 Å². The quantitative estimate of drug-likeness (QED) is 0.494. The first kappa shape index (κ1) is 18.4. The lowest BCUT2D eigenvalue weighted by molar-refractivity contribution is 0.549. The number of nitrogens with zero attached hydrogens (tertiary/aromatic N) is 4. The summed E-state index contributed by atoms with van der Waals surface area (Å²) in [6.45, 7) is 0. The lowest BCUT2D eigenvalue weighted by Gasteiger charge is -2.29. The zero-order chi connectivity index (χ0) is 20.5. The van der Waals surface area contributed by atoms with Crippen LogP contribution in [0.15, 0.2) is 91.5 Å². The second-order valence-electron chi connectivity index (χ2n) is 6.98. The Hall–Kier alpha value is -3.58. The van der Waals surface area contributed by atoms with Crippen LogP contribution in [0.25, 0.3) is 5.69 Å². The van der Waals surface area contributed by atoms with Gasteiger partial charge in [-0.05, 0) is 72.9 Å². The number of rotatable bonds is 4. The molecule has 1 aliphatic rings. The topological polar surface area (TPSA) is 46.0 Å². The van der Waals surface area contributed by atoms with Gasteiger partial charge in [-0.3, -0.25) is 9.97 Å². The monoisotopic (exact) mass is 415 g/mol. The molecule has 1 N–H and O–H groups in total. The molecular formula is C23H18FN5S. The van der Waals surface area contributed by atoms with Crippen LogP contribution in [0.1, 0.15) is 23.5 Å². The van der Waals surface area contributed by atoms with Gasteiger partial charge in [-0.15, -0.1) is 0 Å². The molecule has 148 valence electrons. The molecule has 0 spiro atoms. The number of anilines is 1. The first-order valence-corrected chi connectivity index (χ1v) is 9.97. The molecule has 4 aromatic rings. The van der Waals surface area contributed by atoms with E-state index in [4.69, 9.17) is 12.2 Å². The predicted molar refractivity (Wildman–Crippen MR) is 118 cm³/mol. The van der Waals surface area contributed by atoms with Crippen molar-refractivity contribution in [1.29, 1.82) is 0 Å². The molecule has 4 heterocycles. The van der Waals surface area contributed by atoms with Crippen LogP contribution in [0.5, 0.6) is 0 Å². The summed E-state index contributed by atoms with van der Waals surface area (Å²) in [5.41, 5.74) is 3.74. The zero-order valence-corrected chi connectivity index (χ0v) is 16.7. The fourth-order valence-corrected chi connectivity index (χ4v) is 4.26. The van der Waals surface area contributed by atoms with Crippen LogP contribution >= 0.6 is 12.2 Å². The van der Waals surface area contributed by atoms with Crippen molar-refractivity contribution in [1.82, 2.24) is 19.9 Å². The van der Waals surface area contributed by atoms with Crippen molar-refractivity contribution >= 4 is 23.0 Å². The van der Waals surface area contributed by atoms with E-state index in [-0.39, 0.29) is 17.9 Å². The molecule has 0 radical (unpaired) electrons. The van der Waals surface area contributed by atoms with Crippen LogP contribution in [0.4, 0.5) is 10.1 Å². The molecular weight excluding hydrogens is 397 g/mol. The fraction of sp³-hybridized carbons (Fsp3) is 0.0870. The highest BCUT2D eigenvalue weighted by molar-refractivity contribution is 7.80. The van der Waals surface area contributed by atoms with Crippen molar-refractivity contribution in [2.75, 3.05) is 4.90 Å². The Morgan fingerprint density at radius 1 is 0.867 bits per heavy atom.